The summed E-state index contributed by atoms with van der Waals surface area (Å²) in [5.41, 5.74) is 9.00. The molecule has 0 aliphatic carbocycles. The number of rotatable bonds is 3. The van der Waals surface area contributed by atoms with E-state index in [1.165, 1.54) is 12.1 Å². The third-order valence-corrected chi connectivity index (χ3v) is 2.70. The molecule has 90 valence electrons. The molecule has 2 rings (SSSR count). The molecular formula is C13H16FN3. The fraction of sp³-hybridized carbons (Fsp3) is 0.308. The van der Waals surface area contributed by atoms with E-state index < -0.39 is 0 Å². The van der Waals surface area contributed by atoms with Gasteiger partial charge in [0.25, 0.3) is 0 Å². The molecule has 1 aromatic carbocycles. The Bertz CT molecular complexity index is 531. The van der Waals surface area contributed by atoms with Crippen molar-refractivity contribution in [1.29, 1.82) is 0 Å². The standard InChI is InChI=1S/C13H16FN3/c1-3-6-17-8-12(9(2)16-17)11-5-4-10(14)7-13(11)15/h4-5,7-8H,3,6,15H2,1-2H3. The summed E-state index contributed by atoms with van der Waals surface area (Å²) >= 11 is 0. The summed E-state index contributed by atoms with van der Waals surface area (Å²) in [5, 5.41) is 4.41. The summed E-state index contributed by atoms with van der Waals surface area (Å²) in [4.78, 5) is 0. The van der Waals surface area contributed by atoms with Gasteiger partial charge in [0.05, 0.1) is 5.69 Å². The molecule has 0 bridgehead atoms. The van der Waals surface area contributed by atoms with Gasteiger partial charge in [-0.3, -0.25) is 4.68 Å². The number of benzene rings is 1. The van der Waals surface area contributed by atoms with E-state index in [4.69, 9.17) is 5.73 Å². The van der Waals surface area contributed by atoms with Crippen molar-refractivity contribution >= 4 is 5.69 Å². The molecule has 2 aromatic rings. The molecule has 4 heteroatoms. The van der Waals surface area contributed by atoms with Crippen LogP contribution in [0.15, 0.2) is 24.4 Å². The van der Waals surface area contributed by atoms with Crippen molar-refractivity contribution < 1.29 is 4.39 Å². The fourth-order valence-electron chi connectivity index (χ4n) is 1.90. The molecule has 1 heterocycles. The lowest BCUT2D eigenvalue weighted by Crippen LogP contribution is -1.96. The largest absolute Gasteiger partial charge is 0.398 e. The lowest BCUT2D eigenvalue weighted by molar-refractivity contribution is 0.598. The van der Waals surface area contributed by atoms with Crippen molar-refractivity contribution in [3.8, 4) is 11.1 Å². The highest BCUT2D eigenvalue weighted by atomic mass is 19.1. The molecule has 0 amide bonds. The summed E-state index contributed by atoms with van der Waals surface area (Å²) in [7, 11) is 0. The second-order valence-electron chi connectivity index (χ2n) is 4.12. The average Bonchev–Trinajstić information content (AvgIpc) is 2.60. The predicted molar refractivity (Wildman–Crippen MR) is 67.1 cm³/mol. The number of halogens is 1. The monoisotopic (exact) mass is 233 g/mol. The lowest BCUT2D eigenvalue weighted by Gasteiger charge is -2.03. The summed E-state index contributed by atoms with van der Waals surface area (Å²) in [6.45, 7) is 4.91. The predicted octanol–water partition coefficient (Wildman–Crippen LogP) is 2.99. The Morgan fingerprint density at radius 1 is 1.35 bits per heavy atom. The molecule has 0 atom stereocenters. The molecule has 0 saturated carbocycles. The van der Waals surface area contributed by atoms with Crippen LogP contribution in [0.1, 0.15) is 19.0 Å². The number of hydrogen-bond donors (Lipinski definition) is 1. The van der Waals surface area contributed by atoms with Gasteiger partial charge in [-0.15, -0.1) is 0 Å². The van der Waals surface area contributed by atoms with Gasteiger partial charge in [-0.25, -0.2) is 4.39 Å². The third-order valence-electron chi connectivity index (χ3n) is 2.70. The number of hydrogen-bond acceptors (Lipinski definition) is 2. The molecule has 2 N–H and O–H groups in total. The van der Waals surface area contributed by atoms with E-state index >= 15 is 0 Å². The maximum absolute atomic E-state index is 13.0. The first-order chi connectivity index (χ1) is 8.11. The van der Waals surface area contributed by atoms with Crippen LogP contribution in [-0.2, 0) is 6.54 Å². The Morgan fingerprint density at radius 3 is 2.76 bits per heavy atom. The zero-order chi connectivity index (χ0) is 12.4. The summed E-state index contributed by atoms with van der Waals surface area (Å²) in [5.74, 6) is -0.315. The van der Waals surface area contributed by atoms with Crippen LogP contribution in [0.3, 0.4) is 0 Å². The van der Waals surface area contributed by atoms with E-state index in [1.54, 1.807) is 6.07 Å². The van der Waals surface area contributed by atoms with Gasteiger partial charge in [-0.2, -0.15) is 5.10 Å². The number of nitrogens with zero attached hydrogens (tertiary/aromatic N) is 2. The number of aromatic nitrogens is 2. The molecule has 3 nitrogen and oxygen atoms in total. The van der Waals surface area contributed by atoms with Crippen LogP contribution in [0.5, 0.6) is 0 Å². The van der Waals surface area contributed by atoms with Crippen molar-refractivity contribution in [2.45, 2.75) is 26.8 Å². The van der Waals surface area contributed by atoms with Gasteiger partial charge in [0, 0.05) is 29.6 Å². The minimum Gasteiger partial charge on any atom is -0.398 e. The molecule has 0 aliphatic rings. The summed E-state index contributed by atoms with van der Waals surface area (Å²) in [6.07, 6.45) is 2.99. The quantitative estimate of drug-likeness (QED) is 0.828. The topological polar surface area (TPSA) is 43.8 Å². The van der Waals surface area contributed by atoms with E-state index in [0.717, 1.165) is 29.8 Å². The first-order valence-electron chi connectivity index (χ1n) is 5.71. The lowest BCUT2D eigenvalue weighted by atomic mass is 10.1. The second-order valence-corrected chi connectivity index (χ2v) is 4.12. The van der Waals surface area contributed by atoms with Crippen molar-refractivity contribution in [3.63, 3.8) is 0 Å². The fourth-order valence-corrected chi connectivity index (χ4v) is 1.90. The van der Waals surface area contributed by atoms with E-state index in [0.29, 0.717) is 5.69 Å². The molecule has 0 spiro atoms. The van der Waals surface area contributed by atoms with E-state index in [2.05, 4.69) is 12.0 Å². The zero-order valence-corrected chi connectivity index (χ0v) is 10.1. The Kier molecular flexibility index (Phi) is 3.13. The highest BCUT2D eigenvalue weighted by Crippen LogP contribution is 2.28. The molecule has 1 aromatic heterocycles. The van der Waals surface area contributed by atoms with Crippen molar-refractivity contribution in [2.75, 3.05) is 5.73 Å². The van der Waals surface area contributed by atoms with Crippen LogP contribution in [0.2, 0.25) is 0 Å². The average molecular weight is 233 g/mol. The highest BCUT2D eigenvalue weighted by molar-refractivity contribution is 5.77. The molecular weight excluding hydrogens is 217 g/mol. The SMILES string of the molecule is CCCn1cc(-c2ccc(F)cc2N)c(C)n1. The Morgan fingerprint density at radius 2 is 2.12 bits per heavy atom. The Balaban J connectivity index is 2.45. The van der Waals surface area contributed by atoms with Gasteiger partial charge in [0.2, 0.25) is 0 Å². The number of aryl methyl sites for hydroxylation is 2. The van der Waals surface area contributed by atoms with Crippen LogP contribution in [0, 0.1) is 12.7 Å². The van der Waals surface area contributed by atoms with E-state index in [9.17, 15) is 4.39 Å². The van der Waals surface area contributed by atoms with Gasteiger partial charge in [-0.1, -0.05) is 6.92 Å². The molecule has 0 fully saturated rings. The first kappa shape index (κ1) is 11.6. The maximum Gasteiger partial charge on any atom is 0.125 e. The van der Waals surface area contributed by atoms with Gasteiger partial charge < -0.3 is 5.73 Å². The van der Waals surface area contributed by atoms with Crippen molar-refractivity contribution in [3.05, 3.63) is 35.9 Å². The van der Waals surface area contributed by atoms with Gasteiger partial charge in [0.1, 0.15) is 5.82 Å². The Labute approximate surface area is 100 Å². The van der Waals surface area contributed by atoms with Crippen LogP contribution in [0.25, 0.3) is 11.1 Å². The summed E-state index contributed by atoms with van der Waals surface area (Å²) in [6, 6.07) is 4.46. The van der Waals surface area contributed by atoms with Crippen molar-refractivity contribution in [2.24, 2.45) is 0 Å². The summed E-state index contributed by atoms with van der Waals surface area (Å²) < 4.78 is 14.9. The van der Waals surface area contributed by atoms with Gasteiger partial charge >= 0.3 is 0 Å². The number of nitrogens with two attached hydrogens (primary N) is 1. The van der Waals surface area contributed by atoms with Crippen LogP contribution in [0.4, 0.5) is 10.1 Å². The van der Waals surface area contributed by atoms with Crippen molar-refractivity contribution in [1.82, 2.24) is 9.78 Å². The van der Waals surface area contributed by atoms with Gasteiger partial charge in [-0.05, 0) is 31.5 Å². The first-order valence-corrected chi connectivity index (χ1v) is 5.71. The normalized spacial score (nSPS) is 10.8. The van der Waals surface area contributed by atoms with Crippen LogP contribution < -0.4 is 5.73 Å². The van der Waals surface area contributed by atoms with Crippen LogP contribution >= 0.6 is 0 Å². The molecule has 0 radical (unpaired) electrons. The van der Waals surface area contributed by atoms with Crippen LogP contribution in [-0.4, -0.2) is 9.78 Å². The van der Waals surface area contributed by atoms with Gasteiger partial charge in [0.15, 0.2) is 0 Å². The van der Waals surface area contributed by atoms with E-state index in [1.807, 2.05) is 17.8 Å². The minimum absolute atomic E-state index is 0.315. The maximum atomic E-state index is 13.0. The molecule has 0 saturated heterocycles. The second kappa shape index (κ2) is 4.57. The van der Waals surface area contributed by atoms with E-state index in [-0.39, 0.29) is 5.82 Å². The minimum atomic E-state index is -0.315. The number of nitrogen functional groups attached to an aromatic ring is 1. The molecule has 17 heavy (non-hydrogen) atoms. The molecule has 0 unspecified atom stereocenters. The Hall–Kier alpha value is -1.84. The smallest absolute Gasteiger partial charge is 0.125 e. The number of anilines is 1. The highest BCUT2D eigenvalue weighted by Gasteiger charge is 2.10. The zero-order valence-electron chi connectivity index (χ0n) is 10.1. The third kappa shape index (κ3) is 2.30. The molecule has 0 aliphatic heterocycles.